The third kappa shape index (κ3) is 2.83. The van der Waals surface area contributed by atoms with Gasteiger partial charge in [0.05, 0.1) is 6.42 Å². The minimum absolute atomic E-state index is 0.0432. The van der Waals surface area contributed by atoms with Crippen molar-refractivity contribution in [1.82, 2.24) is 19.9 Å². The summed E-state index contributed by atoms with van der Waals surface area (Å²) in [7, 11) is 0. The molecule has 114 valence electrons. The number of fused-ring (bicyclic) bond motifs is 1. The smallest absolute Gasteiger partial charge is 0.228 e. The Balaban J connectivity index is 1.50. The van der Waals surface area contributed by atoms with Crippen molar-refractivity contribution in [1.29, 1.82) is 0 Å². The van der Waals surface area contributed by atoms with Crippen molar-refractivity contribution in [3.63, 3.8) is 0 Å². The van der Waals surface area contributed by atoms with Gasteiger partial charge in [0, 0.05) is 48.9 Å². The van der Waals surface area contributed by atoms with Crippen LogP contribution in [0, 0.1) is 0 Å². The van der Waals surface area contributed by atoms with Crippen LogP contribution in [-0.4, -0.2) is 25.8 Å². The third-order valence-corrected chi connectivity index (χ3v) is 3.91. The molecule has 0 saturated heterocycles. The fourth-order valence-electron chi connectivity index (χ4n) is 2.71. The normalized spacial score (nSPS) is 13.0. The summed E-state index contributed by atoms with van der Waals surface area (Å²) < 4.78 is 0. The van der Waals surface area contributed by atoms with Gasteiger partial charge in [0.2, 0.25) is 5.91 Å². The number of carbonyl (C=O) groups is 1. The van der Waals surface area contributed by atoms with Crippen LogP contribution in [0.5, 0.6) is 0 Å². The lowest BCUT2D eigenvalue weighted by atomic mass is 10.0. The van der Waals surface area contributed by atoms with Crippen LogP contribution in [0.15, 0.2) is 43.0 Å². The van der Waals surface area contributed by atoms with Gasteiger partial charge in [-0.2, -0.15) is 0 Å². The van der Waals surface area contributed by atoms with Crippen LogP contribution in [0.25, 0.3) is 11.1 Å². The average Bonchev–Trinajstić information content (AvgIpc) is 3.21. The lowest BCUT2D eigenvalue weighted by Crippen LogP contribution is -2.03. The van der Waals surface area contributed by atoms with Gasteiger partial charge < -0.3 is 10.3 Å². The number of H-pyrrole nitrogens is 1. The summed E-state index contributed by atoms with van der Waals surface area (Å²) in [6.45, 7) is 0. The number of aryl methyl sites for hydroxylation is 2. The summed E-state index contributed by atoms with van der Waals surface area (Å²) in [5, 5.41) is 2.84. The molecule has 1 aromatic carbocycles. The second-order valence-electron chi connectivity index (χ2n) is 5.52. The summed E-state index contributed by atoms with van der Waals surface area (Å²) in [6, 6.07) is 5.93. The van der Waals surface area contributed by atoms with Crippen molar-refractivity contribution in [2.75, 3.05) is 5.32 Å². The SMILES string of the molecule is O=C1Cc2cc(-c3cnc(CCc4ncc[nH]4)nc3)ccc2N1. The van der Waals surface area contributed by atoms with Gasteiger partial charge in [-0.15, -0.1) is 0 Å². The number of aromatic nitrogens is 4. The van der Waals surface area contributed by atoms with Gasteiger partial charge in [-0.05, 0) is 23.3 Å². The van der Waals surface area contributed by atoms with Gasteiger partial charge in [-0.25, -0.2) is 15.0 Å². The zero-order valence-electron chi connectivity index (χ0n) is 12.4. The number of nitrogens with zero attached hydrogens (tertiary/aromatic N) is 3. The van der Waals surface area contributed by atoms with E-state index in [1.54, 1.807) is 6.20 Å². The molecule has 6 heteroatoms. The number of hydrogen-bond acceptors (Lipinski definition) is 4. The van der Waals surface area contributed by atoms with E-state index in [1.165, 1.54) is 0 Å². The predicted molar refractivity (Wildman–Crippen MR) is 85.8 cm³/mol. The zero-order valence-corrected chi connectivity index (χ0v) is 12.4. The number of amides is 1. The second-order valence-corrected chi connectivity index (χ2v) is 5.52. The molecule has 0 atom stereocenters. The number of nitrogens with one attached hydrogen (secondary N) is 2. The molecule has 0 fully saturated rings. The van der Waals surface area contributed by atoms with E-state index in [0.29, 0.717) is 6.42 Å². The maximum atomic E-state index is 11.4. The molecule has 0 radical (unpaired) electrons. The molecule has 23 heavy (non-hydrogen) atoms. The highest BCUT2D eigenvalue weighted by atomic mass is 16.1. The molecule has 0 unspecified atom stereocenters. The quantitative estimate of drug-likeness (QED) is 0.773. The average molecular weight is 305 g/mol. The first-order valence-electron chi connectivity index (χ1n) is 7.50. The van der Waals surface area contributed by atoms with Crippen LogP contribution in [0.4, 0.5) is 5.69 Å². The first kappa shape index (κ1) is 13.6. The van der Waals surface area contributed by atoms with E-state index in [-0.39, 0.29) is 5.91 Å². The third-order valence-electron chi connectivity index (χ3n) is 3.91. The first-order chi connectivity index (χ1) is 11.3. The molecule has 6 nitrogen and oxygen atoms in total. The van der Waals surface area contributed by atoms with E-state index >= 15 is 0 Å². The van der Waals surface area contributed by atoms with Crippen molar-refractivity contribution in [3.8, 4) is 11.1 Å². The first-order valence-corrected chi connectivity index (χ1v) is 7.50. The van der Waals surface area contributed by atoms with E-state index in [9.17, 15) is 4.79 Å². The van der Waals surface area contributed by atoms with Crippen molar-refractivity contribution in [3.05, 3.63) is 60.2 Å². The number of imidazole rings is 1. The Morgan fingerprint density at radius 1 is 1.04 bits per heavy atom. The van der Waals surface area contributed by atoms with Gasteiger partial charge in [0.25, 0.3) is 0 Å². The summed E-state index contributed by atoms with van der Waals surface area (Å²) in [5.41, 5.74) is 3.90. The largest absolute Gasteiger partial charge is 0.349 e. The van der Waals surface area contributed by atoms with E-state index in [4.69, 9.17) is 0 Å². The highest BCUT2D eigenvalue weighted by molar-refractivity contribution is 5.99. The second kappa shape index (κ2) is 5.64. The number of hydrogen-bond donors (Lipinski definition) is 2. The van der Waals surface area contributed by atoms with E-state index in [2.05, 4.69) is 25.3 Å². The Morgan fingerprint density at radius 2 is 1.91 bits per heavy atom. The van der Waals surface area contributed by atoms with Gasteiger partial charge in [-0.3, -0.25) is 4.79 Å². The molecule has 0 spiro atoms. The Hall–Kier alpha value is -3.02. The summed E-state index contributed by atoms with van der Waals surface area (Å²) >= 11 is 0. The highest BCUT2D eigenvalue weighted by Crippen LogP contribution is 2.28. The minimum Gasteiger partial charge on any atom is -0.349 e. The molecule has 1 amide bonds. The van der Waals surface area contributed by atoms with Crippen molar-refractivity contribution >= 4 is 11.6 Å². The van der Waals surface area contributed by atoms with Crippen molar-refractivity contribution in [2.45, 2.75) is 19.3 Å². The number of anilines is 1. The standard InChI is InChI=1S/C17H15N5O/c23-17-8-12-7-11(1-2-14(12)22-17)13-9-20-16(21-10-13)4-3-15-18-5-6-19-15/h1-2,5-7,9-10H,3-4,8H2,(H,18,19)(H,22,23). The van der Waals surface area contributed by atoms with Gasteiger partial charge in [0.1, 0.15) is 11.6 Å². The molecule has 0 bridgehead atoms. The van der Waals surface area contributed by atoms with Gasteiger partial charge in [0.15, 0.2) is 0 Å². The molecule has 3 heterocycles. The molecule has 2 aromatic heterocycles. The lowest BCUT2D eigenvalue weighted by molar-refractivity contribution is -0.115. The van der Waals surface area contributed by atoms with Crippen LogP contribution in [0.2, 0.25) is 0 Å². The molecule has 0 aliphatic carbocycles. The lowest BCUT2D eigenvalue weighted by Gasteiger charge is -2.05. The number of rotatable bonds is 4. The van der Waals surface area contributed by atoms with Crippen LogP contribution in [-0.2, 0) is 24.1 Å². The van der Waals surface area contributed by atoms with Gasteiger partial charge >= 0.3 is 0 Å². The molecule has 0 saturated carbocycles. The fourth-order valence-corrected chi connectivity index (χ4v) is 2.71. The molecule has 3 aromatic rings. The van der Waals surface area contributed by atoms with Crippen LogP contribution in [0.3, 0.4) is 0 Å². The van der Waals surface area contributed by atoms with Crippen LogP contribution >= 0.6 is 0 Å². The number of benzene rings is 1. The Kier molecular flexibility index (Phi) is 3.34. The van der Waals surface area contributed by atoms with E-state index in [1.807, 2.05) is 36.8 Å². The van der Waals surface area contributed by atoms with Gasteiger partial charge in [-0.1, -0.05) is 6.07 Å². The van der Waals surface area contributed by atoms with E-state index in [0.717, 1.165) is 46.9 Å². The van der Waals surface area contributed by atoms with Crippen LogP contribution in [0.1, 0.15) is 17.2 Å². The Labute approximate surface area is 133 Å². The molecule has 2 N–H and O–H groups in total. The molecule has 1 aliphatic rings. The molecule has 4 rings (SSSR count). The monoisotopic (exact) mass is 305 g/mol. The number of aromatic amines is 1. The zero-order chi connectivity index (χ0) is 15.6. The highest BCUT2D eigenvalue weighted by Gasteiger charge is 2.17. The maximum Gasteiger partial charge on any atom is 0.228 e. The number of carbonyl (C=O) groups excluding carboxylic acids is 1. The molecular formula is C17H15N5O. The molecular weight excluding hydrogens is 290 g/mol. The fraction of sp³-hybridized carbons (Fsp3) is 0.176. The molecule has 1 aliphatic heterocycles. The Bertz CT molecular complexity index is 840. The topological polar surface area (TPSA) is 83.6 Å². The minimum atomic E-state index is 0.0432. The predicted octanol–water partition coefficient (Wildman–Crippen LogP) is 2.15. The van der Waals surface area contributed by atoms with Crippen molar-refractivity contribution in [2.24, 2.45) is 0 Å². The summed E-state index contributed by atoms with van der Waals surface area (Å²) in [6.07, 6.45) is 9.19. The van der Waals surface area contributed by atoms with E-state index < -0.39 is 0 Å². The maximum absolute atomic E-state index is 11.4. The Morgan fingerprint density at radius 3 is 2.70 bits per heavy atom. The summed E-state index contributed by atoms with van der Waals surface area (Å²) in [5.74, 6) is 1.78. The van der Waals surface area contributed by atoms with Crippen molar-refractivity contribution < 1.29 is 4.79 Å². The van der Waals surface area contributed by atoms with Crippen LogP contribution < -0.4 is 5.32 Å². The summed E-state index contributed by atoms with van der Waals surface area (Å²) in [4.78, 5) is 27.5.